The predicted octanol–water partition coefficient (Wildman–Crippen LogP) is 4.65. The third kappa shape index (κ3) is 6.24. The molecule has 3 aromatic rings. The van der Waals surface area contributed by atoms with E-state index in [0.29, 0.717) is 30.2 Å². The standard InChI is InChI=1S/C27H34N2O4/c1-5-6-15-28(2)18-22(30)19-29-17-21(23-9-7-8-10-24(23)29)11-13-25(31)20-12-14-26(32-3)27(16-20)33-4/h7-14,16-17,22,30H,5-6,15,18-19H2,1-4H3/b13-11+/t22-/m0/s1. The molecule has 2 aromatic carbocycles. The number of aliphatic hydroxyl groups excluding tert-OH is 1. The molecule has 0 aliphatic rings. The molecule has 1 N–H and O–H groups in total. The monoisotopic (exact) mass is 450 g/mol. The number of carbonyl (C=O) groups is 1. The van der Waals surface area contributed by atoms with Crippen molar-refractivity contribution < 1.29 is 19.4 Å². The molecule has 3 rings (SSSR count). The van der Waals surface area contributed by atoms with Crippen LogP contribution in [0.4, 0.5) is 0 Å². The lowest BCUT2D eigenvalue weighted by atomic mass is 10.1. The number of likely N-dealkylation sites (N-methyl/N-ethyl adjacent to an activating group) is 1. The van der Waals surface area contributed by atoms with Crippen LogP contribution in [0.1, 0.15) is 35.7 Å². The highest BCUT2D eigenvalue weighted by atomic mass is 16.5. The Morgan fingerprint density at radius 1 is 1.15 bits per heavy atom. The van der Waals surface area contributed by atoms with Gasteiger partial charge in [0.1, 0.15) is 0 Å². The van der Waals surface area contributed by atoms with Crippen molar-refractivity contribution in [3.05, 3.63) is 65.9 Å². The van der Waals surface area contributed by atoms with Gasteiger partial charge in [-0.15, -0.1) is 0 Å². The fourth-order valence-corrected chi connectivity index (χ4v) is 3.97. The Morgan fingerprint density at radius 3 is 2.64 bits per heavy atom. The lowest BCUT2D eigenvalue weighted by molar-refractivity contribution is 0.104. The van der Waals surface area contributed by atoms with Crippen molar-refractivity contribution in [2.75, 3.05) is 34.4 Å². The topological polar surface area (TPSA) is 63.9 Å². The SMILES string of the molecule is CCCCN(C)C[C@H](O)Cn1cc(/C=C/C(=O)c2ccc(OC)c(OC)c2)c2ccccc21. The van der Waals surface area contributed by atoms with E-state index in [-0.39, 0.29) is 5.78 Å². The van der Waals surface area contributed by atoms with Gasteiger partial charge in [0.15, 0.2) is 17.3 Å². The number of allylic oxidation sites excluding steroid dienone is 1. The molecule has 1 heterocycles. The van der Waals surface area contributed by atoms with E-state index in [0.717, 1.165) is 35.9 Å². The lowest BCUT2D eigenvalue weighted by Gasteiger charge is -2.21. The van der Waals surface area contributed by atoms with Crippen LogP contribution in [0.15, 0.2) is 54.7 Å². The van der Waals surface area contributed by atoms with Crippen LogP contribution in [-0.4, -0.2) is 60.8 Å². The van der Waals surface area contributed by atoms with E-state index in [4.69, 9.17) is 9.47 Å². The number of para-hydroxylation sites is 1. The molecule has 1 atom stereocenters. The number of hydrogen-bond acceptors (Lipinski definition) is 5. The van der Waals surface area contributed by atoms with Crippen molar-refractivity contribution >= 4 is 22.8 Å². The number of benzene rings is 2. The molecule has 0 aliphatic carbocycles. The van der Waals surface area contributed by atoms with Crippen molar-refractivity contribution in [2.45, 2.75) is 32.4 Å². The zero-order chi connectivity index (χ0) is 23.8. The summed E-state index contributed by atoms with van der Waals surface area (Å²) in [4.78, 5) is 14.9. The average Bonchev–Trinajstić information content (AvgIpc) is 3.17. The molecule has 0 aliphatic heterocycles. The molecule has 0 unspecified atom stereocenters. The number of aromatic nitrogens is 1. The van der Waals surface area contributed by atoms with Gasteiger partial charge in [-0.3, -0.25) is 4.79 Å². The van der Waals surface area contributed by atoms with Crippen molar-refractivity contribution in [1.82, 2.24) is 9.47 Å². The average molecular weight is 451 g/mol. The van der Waals surface area contributed by atoms with E-state index in [1.54, 1.807) is 38.5 Å². The number of ketones is 1. The molecule has 0 saturated heterocycles. The smallest absolute Gasteiger partial charge is 0.185 e. The quantitative estimate of drug-likeness (QED) is 0.322. The second kappa shape index (κ2) is 11.7. The molecule has 176 valence electrons. The lowest BCUT2D eigenvalue weighted by Crippen LogP contribution is -2.32. The minimum atomic E-state index is -0.479. The molecule has 0 radical (unpaired) electrons. The summed E-state index contributed by atoms with van der Waals surface area (Å²) < 4.78 is 12.6. The number of nitrogens with zero attached hydrogens (tertiary/aromatic N) is 2. The molecule has 1 aromatic heterocycles. The predicted molar refractivity (Wildman–Crippen MR) is 133 cm³/mol. The highest BCUT2D eigenvalue weighted by Crippen LogP contribution is 2.28. The summed E-state index contributed by atoms with van der Waals surface area (Å²) in [6, 6.07) is 13.2. The van der Waals surface area contributed by atoms with Crippen molar-refractivity contribution in [1.29, 1.82) is 0 Å². The summed E-state index contributed by atoms with van der Waals surface area (Å²) >= 11 is 0. The number of methoxy groups -OCH3 is 2. The van der Waals surface area contributed by atoms with Gasteiger partial charge in [0.25, 0.3) is 0 Å². The summed E-state index contributed by atoms with van der Waals surface area (Å²) in [5.41, 5.74) is 2.50. The van der Waals surface area contributed by atoms with Gasteiger partial charge < -0.3 is 24.0 Å². The molecular weight excluding hydrogens is 416 g/mol. The van der Waals surface area contributed by atoms with Gasteiger partial charge in [-0.1, -0.05) is 31.5 Å². The first-order valence-corrected chi connectivity index (χ1v) is 11.4. The number of rotatable bonds is 12. The summed E-state index contributed by atoms with van der Waals surface area (Å²) in [5.74, 6) is 0.983. The normalized spacial score (nSPS) is 12.5. The van der Waals surface area contributed by atoms with E-state index in [1.165, 1.54) is 0 Å². The van der Waals surface area contributed by atoms with E-state index in [2.05, 4.69) is 16.4 Å². The molecule has 6 nitrogen and oxygen atoms in total. The number of ether oxygens (including phenoxy) is 2. The summed E-state index contributed by atoms with van der Waals surface area (Å²) in [7, 11) is 5.16. The number of unbranched alkanes of at least 4 members (excludes halogenated alkanes) is 1. The summed E-state index contributed by atoms with van der Waals surface area (Å²) in [6.45, 7) is 4.26. The third-order valence-corrected chi connectivity index (χ3v) is 5.72. The molecule has 0 fully saturated rings. The summed E-state index contributed by atoms with van der Waals surface area (Å²) in [5, 5.41) is 11.7. The van der Waals surface area contributed by atoms with Crippen molar-refractivity contribution in [2.24, 2.45) is 0 Å². The van der Waals surface area contributed by atoms with E-state index < -0.39 is 6.10 Å². The van der Waals surface area contributed by atoms with E-state index in [1.807, 2.05) is 43.6 Å². The first-order valence-electron chi connectivity index (χ1n) is 11.4. The molecular formula is C27H34N2O4. The molecule has 0 spiro atoms. The Kier molecular flexibility index (Phi) is 8.69. The molecule has 6 heteroatoms. The van der Waals surface area contributed by atoms with Crippen LogP contribution in [0, 0.1) is 0 Å². The zero-order valence-electron chi connectivity index (χ0n) is 20.0. The maximum atomic E-state index is 12.8. The molecule has 0 saturated carbocycles. The fourth-order valence-electron chi connectivity index (χ4n) is 3.97. The van der Waals surface area contributed by atoms with Gasteiger partial charge in [0, 0.05) is 41.3 Å². The zero-order valence-corrected chi connectivity index (χ0v) is 20.0. The van der Waals surface area contributed by atoms with Crippen LogP contribution in [-0.2, 0) is 6.54 Å². The molecule has 33 heavy (non-hydrogen) atoms. The summed E-state index contributed by atoms with van der Waals surface area (Å²) in [6.07, 6.45) is 7.19. The highest BCUT2D eigenvalue weighted by molar-refractivity contribution is 6.08. The van der Waals surface area contributed by atoms with Gasteiger partial charge in [-0.2, -0.15) is 0 Å². The second-order valence-corrected chi connectivity index (χ2v) is 8.29. The number of carbonyl (C=O) groups excluding carboxylic acids is 1. The van der Waals surface area contributed by atoms with E-state index >= 15 is 0 Å². The van der Waals surface area contributed by atoms with Gasteiger partial charge in [-0.25, -0.2) is 0 Å². The van der Waals surface area contributed by atoms with E-state index in [9.17, 15) is 9.90 Å². The third-order valence-electron chi connectivity index (χ3n) is 5.72. The van der Waals surface area contributed by atoms with Crippen LogP contribution >= 0.6 is 0 Å². The minimum Gasteiger partial charge on any atom is -0.493 e. The van der Waals surface area contributed by atoms with Crippen molar-refractivity contribution in [3.8, 4) is 11.5 Å². The van der Waals surface area contributed by atoms with Crippen LogP contribution in [0.5, 0.6) is 11.5 Å². The highest BCUT2D eigenvalue weighted by Gasteiger charge is 2.13. The second-order valence-electron chi connectivity index (χ2n) is 8.29. The Morgan fingerprint density at radius 2 is 1.91 bits per heavy atom. The Hall–Kier alpha value is -3.09. The fraction of sp³-hybridized carbons (Fsp3) is 0.370. The van der Waals surface area contributed by atoms with Gasteiger partial charge in [0.05, 0.1) is 20.3 Å². The van der Waals surface area contributed by atoms with Crippen LogP contribution in [0.25, 0.3) is 17.0 Å². The Bertz CT molecular complexity index is 1100. The molecule has 0 bridgehead atoms. The Balaban J connectivity index is 1.79. The molecule has 0 amide bonds. The van der Waals surface area contributed by atoms with Crippen LogP contribution < -0.4 is 9.47 Å². The van der Waals surface area contributed by atoms with Crippen LogP contribution in [0.3, 0.4) is 0 Å². The van der Waals surface area contributed by atoms with Crippen LogP contribution in [0.2, 0.25) is 0 Å². The maximum absolute atomic E-state index is 12.8. The first-order chi connectivity index (χ1) is 16.0. The maximum Gasteiger partial charge on any atom is 0.185 e. The van der Waals surface area contributed by atoms with Gasteiger partial charge >= 0.3 is 0 Å². The van der Waals surface area contributed by atoms with Gasteiger partial charge in [0.2, 0.25) is 0 Å². The number of aliphatic hydroxyl groups is 1. The number of hydrogen-bond donors (Lipinski definition) is 1. The van der Waals surface area contributed by atoms with Gasteiger partial charge in [-0.05, 0) is 56.4 Å². The minimum absolute atomic E-state index is 0.120. The van der Waals surface area contributed by atoms with Crippen molar-refractivity contribution in [3.63, 3.8) is 0 Å². The first kappa shape index (κ1) is 24.6. The Labute approximate surface area is 196 Å². The largest absolute Gasteiger partial charge is 0.493 e. The number of fused-ring (bicyclic) bond motifs is 1.